The van der Waals surface area contributed by atoms with Gasteiger partial charge in [-0.3, -0.25) is 19.7 Å². The van der Waals surface area contributed by atoms with Gasteiger partial charge in [-0.25, -0.2) is 0 Å². The van der Waals surface area contributed by atoms with Crippen LogP contribution in [0.15, 0.2) is 45.8 Å². The lowest BCUT2D eigenvalue weighted by molar-refractivity contribution is -0.118. The number of ether oxygens (including phenoxy) is 1. The normalized spacial score (nSPS) is 14.9. The monoisotopic (exact) mass is 480 g/mol. The lowest BCUT2D eigenvalue weighted by Gasteiger charge is -2.10. The van der Waals surface area contributed by atoms with E-state index >= 15 is 0 Å². The van der Waals surface area contributed by atoms with Crippen LogP contribution in [-0.2, 0) is 9.59 Å². The summed E-state index contributed by atoms with van der Waals surface area (Å²) in [5.74, 6) is -0.270. The van der Waals surface area contributed by atoms with Crippen molar-refractivity contribution in [1.29, 1.82) is 0 Å². The van der Waals surface area contributed by atoms with Gasteiger partial charge in [0.25, 0.3) is 17.1 Å². The predicted molar refractivity (Wildman–Crippen MR) is 114 cm³/mol. The lowest BCUT2D eigenvalue weighted by atomic mass is 10.2. The number of imide groups is 1. The summed E-state index contributed by atoms with van der Waals surface area (Å²) in [6.45, 7) is 1.70. The zero-order valence-electron chi connectivity index (χ0n) is 14.5. The molecule has 0 spiro atoms. The van der Waals surface area contributed by atoms with E-state index in [-0.39, 0.29) is 12.5 Å². The molecule has 1 aliphatic heterocycles. The fraction of sp³-hybridized carbons (Fsp3) is 0.105. The van der Waals surface area contributed by atoms with Gasteiger partial charge in [0.2, 0.25) is 0 Å². The Kier molecular flexibility index (Phi) is 6.43. The molecule has 0 saturated carbocycles. The number of rotatable bonds is 5. The van der Waals surface area contributed by atoms with Crippen molar-refractivity contribution in [2.45, 2.75) is 6.92 Å². The number of benzene rings is 2. The van der Waals surface area contributed by atoms with Crippen LogP contribution in [0, 0.1) is 6.92 Å². The minimum atomic E-state index is -0.417. The van der Waals surface area contributed by atoms with E-state index in [1.165, 1.54) is 0 Å². The lowest BCUT2D eigenvalue weighted by Crippen LogP contribution is -2.20. The number of thioether (sulfide) groups is 1. The molecule has 1 saturated heterocycles. The maximum absolute atomic E-state index is 12.1. The Bertz CT molecular complexity index is 1010. The molecule has 2 N–H and O–H groups in total. The summed E-state index contributed by atoms with van der Waals surface area (Å²) < 4.78 is 6.15. The number of hydrogen-bond donors (Lipinski definition) is 2. The van der Waals surface area contributed by atoms with Gasteiger partial charge in [-0.05, 0) is 76.1 Å². The van der Waals surface area contributed by atoms with Crippen LogP contribution < -0.4 is 15.4 Å². The third kappa shape index (κ3) is 5.15. The molecule has 1 fully saturated rings. The summed E-state index contributed by atoms with van der Waals surface area (Å²) in [5.41, 5.74) is 2.23. The molecule has 0 aliphatic carbocycles. The highest BCUT2D eigenvalue weighted by atomic mass is 79.9. The van der Waals surface area contributed by atoms with Crippen molar-refractivity contribution in [2.24, 2.45) is 0 Å². The van der Waals surface area contributed by atoms with Gasteiger partial charge < -0.3 is 10.1 Å². The molecule has 3 rings (SSSR count). The van der Waals surface area contributed by atoms with Crippen LogP contribution in [0.25, 0.3) is 6.08 Å². The largest absolute Gasteiger partial charge is 0.483 e. The summed E-state index contributed by atoms with van der Waals surface area (Å²) in [5, 5.41) is 5.09. The Balaban J connectivity index is 1.61. The Morgan fingerprint density at radius 2 is 2.07 bits per heavy atom. The molecule has 9 heteroatoms. The zero-order chi connectivity index (χ0) is 20.3. The molecule has 0 bridgehead atoms. The molecule has 2 aromatic rings. The molecule has 28 heavy (non-hydrogen) atoms. The minimum absolute atomic E-state index is 0.183. The number of anilines is 1. The maximum atomic E-state index is 12.1. The first-order valence-electron chi connectivity index (χ1n) is 8.05. The second-order valence-electron chi connectivity index (χ2n) is 5.84. The first kappa shape index (κ1) is 20.4. The van der Waals surface area contributed by atoms with Crippen LogP contribution in [0.4, 0.5) is 10.5 Å². The van der Waals surface area contributed by atoms with Gasteiger partial charge in [-0.1, -0.05) is 23.7 Å². The third-order valence-electron chi connectivity index (χ3n) is 3.71. The average Bonchev–Trinajstić information content (AvgIpc) is 2.94. The number of carbonyl (C=O) groups excluding carboxylic acids is 3. The molecular formula is C19H14BrClN2O4S. The quantitative estimate of drug-likeness (QED) is 0.602. The average molecular weight is 482 g/mol. The van der Waals surface area contributed by atoms with Crippen molar-refractivity contribution in [3.63, 3.8) is 0 Å². The van der Waals surface area contributed by atoms with E-state index in [0.29, 0.717) is 31.4 Å². The van der Waals surface area contributed by atoms with Crippen LogP contribution in [0.3, 0.4) is 0 Å². The molecule has 0 atom stereocenters. The van der Waals surface area contributed by atoms with Gasteiger partial charge in [-0.15, -0.1) is 0 Å². The van der Waals surface area contributed by atoms with Gasteiger partial charge in [-0.2, -0.15) is 0 Å². The highest BCUT2D eigenvalue weighted by Crippen LogP contribution is 2.30. The van der Waals surface area contributed by atoms with Crippen molar-refractivity contribution >= 4 is 68.1 Å². The molecule has 0 unspecified atom stereocenters. The topological polar surface area (TPSA) is 84.5 Å². The Labute approximate surface area is 178 Å². The fourth-order valence-corrected chi connectivity index (χ4v) is 3.68. The van der Waals surface area contributed by atoms with Gasteiger partial charge >= 0.3 is 0 Å². The maximum Gasteiger partial charge on any atom is 0.290 e. The number of hydrogen-bond acceptors (Lipinski definition) is 5. The van der Waals surface area contributed by atoms with Crippen molar-refractivity contribution < 1.29 is 19.1 Å². The number of amides is 3. The second kappa shape index (κ2) is 8.81. The van der Waals surface area contributed by atoms with Crippen LogP contribution in [0.5, 0.6) is 5.75 Å². The van der Waals surface area contributed by atoms with Crippen LogP contribution in [-0.4, -0.2) is 23.7 Å². The van der Waals surface area contributed by atoms with Crippen molar-refractivity contribution in [3.8, 4) is 5.75 Å². The summed E-state index contributed by atoms with van der Waals surface area (Å²) in [6, 6.07) is 10.4. The number of halogens is 2. The molecule has 0 radical (unpaired) electrons. The van der Waals surface area contributed by atoms with Crippen LogP contribution in [0.2, 0.25) is 5.02 Å². The highest BCUT2D eigenvalue weighted by Gasteiger charge is 2.25. The third-order valence-corrected chi connectivity index (χ3v) is 5.55. The summed E-state index contributed by atoms with van der Waals surface area (Å²) in [6.07, 6.45) is 1.60. The van der Waals surface area contributed by atoms with E-state index in [4.69, 9.17) is 16.3 Å². The molecule has 1 aliphatic rings. The van der Waals surface area contributed by atoms with E-state index in [1.807, 2.05) is 13.0 Å². The molecule has 6 nitrogen and oxygen atoms in total. The smallest absolute Gasteiger partial charge is 0.290 e. The van der Waals surface area contributed by atoms with Crippen molar-refractivity contribution in [1.82, 2.24) is 5.32 Å². The van der Waals surface area contributed by atoms with E-state index < -0.39 is 11.1 Å². The van der Waals surface area contributed by atoms with Crippen molar-refractivity contribution in [3.05, 3.63) is 61.9 Å². The molecular weight excluding hydrogens is 468 g/mol. The standard InChI is InChI=1S/C19H14BrClN2O4S/c1-10-2-4-12(8-14(10)21)22-17(24)9-27-15-5-3-11(6-13(15)20)7-16-18(25)23-19(26)28-16/h2-8H,9H2,1H3,(H,22,24)(H,23,25,26)/b16-7-. The van der Waals surface area contributed by atoms with Gasteiger partial charge in [0.15, 0.2) is 6.61 Å². The van der Waals surface area contributed by atoms with Crippen LogP contribution >= 0.6 is 39.3 Å². The fourth-order valence-electron chi connectivity index (χ4n) is 2.31. The molecule has 1 heterocycles. The van der Waals surface area contributed by atoms with E-state index in [2.05, 4.69) is 26.6 Å². The minimum Gasteiger partial charge on any atom is -0.483 e. The molecule has 2 aromatic carbocycles. The van der Waals surface area contributed by atoms with Crippen LogP contribution in [0.1, 0.15) is 11.1 Å². The number of aryl methyl sites for hydroxylation is 1. The second-order valence-corrected chi connectivity index (χ2v) is 8.12. The highest BCUT2D eigenvalue weighted by molar-refractivity contribution is 9.10. The SMILES string of the molecule is Cc1ccc(NC(=O)COc2ccc(/C=C3\SC(=O)NC3=O)cc2Br)cc1Cl. The Morgan fingerprint density at radius 1 is 1.29 bits per heavy atom. The van der Waals surface area contributed by atoms with Gasteiger partial charge in [0, 0.05) is 10.7 Å². The summed E-state index contributed by atoms with van der Waals surface area (Å²) in [7, 11) is 0. The van der Waals surface area contributed by atoms with E-state index in [1.54, 1.807) is 36.4 Å². The number of nitrogens with one attached hydrogen (secondary N) is 2. The van der Waals surface area contributed by atoms with E-state index in [9.17, 15) is 14.4 Å². The summed E-state index contributed by atoms with van der Waals surface area (Å²) >= 11 is 10.3. The van der Waals surface area contributed by atoms with Gasteiger partial charge in [0.05, 0.1) is 9.38 Å². The zero-order valence-corrected chi connectivity index (χ0v) is 17.7. The molecule has 0 aromatic heterocycles. The molecule has 144 valence electrons. The summed E-state index contributed by atoms with van der Waals surface area (Å²) in [4.78, 5) is 35.2. The Morgan fingerprint density at radius 3 is 2.71 bits per heavy atom. The van der Waals surface area contributed by atoms with Crippen molar-refractivity contribution in [2.75, 3.05) is 11.9 Å². The Hall–Kier alpha value is -2.29. The van der Waals surface area contributed by atoms with Gasteiger partial charge in [0.1, 0.15) is 5.75 Å². The van der Waals surface area contributed by atoms with E-state index in [0.717, 1.165) is 17.3 Å². The number of carbonyl (C=O) groups is 3. The molecule has 3 amide bonds. The first-order chi connectivity index (χ1) is 13.3. The predicted octanol–water partition coefficient (Wildman–Crippen LogP) is 4.75. The first-order valence-corrected chi connectivity index (χ1v) is 10.0.